The zero-order valence-electron chi connectivity index (χ0n) is 12.1. The summed E-state index contributed by atoms with van der Waals surface area (Å²) < 4.78 is 5.35. The molecular formula is C14H22N4O2. The van der Waals surface area contributed by atoms with Crippen LogP contribution in [-0.4, -0.2) is 54.2 Å². The summed E-state index contributed by atoms with van der Waals surface area (Å²) in [6, 6.07) is 3.39. The molecule has 110 valence electrons. The molecule has 3 N–H and O–H groups in total. The molecule has 0 bridgehead atoms. The first kappa shape index (κ1) is 14.7. The number of nitrogens with zero attached hydrogens (tertiary/aromatic N) is 2. The van der Waals surface area contributed by atoms with Gasteiger partial charge in [-0.25, -0.2) is 4.98 Å². The van der Waals surface area contributed by atoms with Crippen LogP contribution in [-0.2, 0) is 4.74 Å². The van der Waals surface area contributed by atoms with E-state index in [0.29, 0.717) is 12.2 Å². The minimum Gasteiger partial charge on any atom is -0.397 e. The fourth-order valence-corrected chi connectivity index (χ4v) is 2.27. The molecule has 1 aromatic heterocycles. The maximum absolute atomic E-state index is 12.1. The van der Waals surface area contributed by atoms with Crippen molar-refractivity contribution in [2.45, 2.75) is 19.4 Å². The number of rotatable bonds is 4. The molecule has 0 saturated carbocycles. The molecule has 1 aliphatic heterocycles. The number of carbonyl (C=O) groups excluding carboxylic acids is 1. The molecule has 20 heavy (non-hydrogen) atoms. The van der Waals surface area contributed by atoms with Crippen LogP contribution in [0.25, 0.3) is 0 Å². The quantitative estimate of drug-likeness (QED) is 0.838. The predicted molar refractivity (Wildman–Crippen MR) is 77.5 cm³/mol. The van der Waals surface area contributed by atoms with E-state index in [2.05, 4.69) is 29.0 Å². The number of amides is 1. The molecule has 0 aromatic carbocycles. The first-order valence-corrected chi connectivity index (χ1v) is 6.82. The second kappa shape index (κ2) is 6.19. The molecule has 0 atom stereocenters. The number of anilines is 1. The van der Waals surface area contributed by atoms with Crippen molar-refractivity contribution in [2.24, 2.45) is 0 Å². The SMILES string of the molecule is CC(C)(CNC(=O)c1ncccc1N)N1CCOCC1. The van der Waals surface area contributed by atoms with Crippen LogP contribution in [0.5, 0.6) is 0 Å². The highest BCUT2D eigenvalue weighted by molar-refractivity contribution is 5.97. The number of pyridine rings is 1. The van der Waals surface area contributed by atoms with Gasteiger partial charge in [-0.2, -0.15) is 0 Å². The molecular weight excluding hydrogens is 256 g/mol. The van der Waals surface area contributed by atoms with Gasteiger partial charge < -0.3 is 15.8 Å². The Morgan fingerprint density at radius 2 is 2.20 bits per heavy atom. The molecule has 2 heterocycles. The zero-order valence-corrected chi connectivity index (χ0v) is 12.1. The first-order chi connectivity index (χ1) is 9.50. The van der Waals surface area contributed by atoms with E-state index in [0.717, 1.165) is 26.3 Å². The van der Waals surface area contributed by atoms with E-state index in [4.69, 9.17) is 10.5 Å². The van der Waals surface area contributed by atoms with Gasteiger partial charge in [0.15, 0.2) is 5.69 Å². The average molecular weight is 278 g/mol. The lowest BCUT2D eigenvalue weighted by atomic mass is 10.0. The Morgan fingerprint density at radius 3 is 2.85 bits per heavy atom. The lowest BCUT2D eigenvalue weighted by Crippen LogP contribution is -2.55. The number of hydrogen-bond acceptors (Lipinski definition) is 5. The number of hydrogen-bond donors (Lipinski definition) is 2. The number of nitrogen functional groups attached to an aromatic ring is 1. The number of carbonyl (C=O) groups is 1. The van der Waals surface area contributed by atoms with Crippen molar-refractivity contribution >= 4 is 11.6 Å². The summed E-state index contributed by atoms with van der Waals surface area (Å²) in [5.74, 6) is -0.232. The predicted octanol–water partition coefficient (Wildman–Crippen LogP) is 0.504. The van der Waals surface area contributed by atoms with Crippen molar-refractivity contribution in [2.75, 3.05) is 38.6 Å². The van der Waals surface area contributed by atoms with E-state index >= 15 is 0 Å². The minimum absolute atomic E-state index is 0.122. The fourth-order valence-electron chi connectivity index (χ4n) is 2.27. The van der Waals surface area contributed by atoms with Crippen molar-refractivity contribution < 1.29 is 9.53 Å². The van der Waals surface area contributed by atoms with Gasteiger partial charge in [-0.15, -0.1) is 0 Å². The van der Waals surface area contributed by atoms with E-state index in [9.17, 15) is 4.79 Å². The molecule has 1 aliphatic rings. The van der Waals surface area contributed by atoms with Crippen LogP contribution in [0.1, 0.15) is 24.3 Å². The molecule has 1 aromatic rings. The van der Waals surface area contributed by atoms with Gasteiger partial charge in [-0.3, -0.25) is 9.69 Å². The number of aromatic nitrogens is 1. The lowest BCUT2D eigenvalue weighted by molar-refractivity contribution is -0.00924. The molecule has 6 nitrogen and oxygen atoms in total. The normalized spacial score (nSPS) is 16.9. The lowest BCUT2D eigenvalue weighted by Gasteiger charge is -2.40. The fraction of sp³-hybridized carbons (Fsp3) is 0.571. The molecule has 1 fully saturated rings. The first-order valence-electron chi connectivity index (χ1n) is 6.82. The monoisotopic (exact) mass is 278 g/mol. The molecule has 1 amide bonds. The Balaban J connectivity index is 1.94. The van der Waals surface area contributed by atoms with Crippen LogP contribution in [0.4, 0.5) is 5.69 Å². The van der Waals surface area contributed by atoms with Crippen LogP contribution >= 0.6 is 0 Å². The number of nitrogens with two attached hydrogens (primary N) is 1. The highest BCUT2D eigenvalue weighted by atomic mass is 16.5. The third-order valence-electron chi connectivity index (χ3n) is 3.60. The van der Waals surface area contributed by atoms with Gasteiger partial charge >= 0.3 is 0 Å². The summed E-state index contributed by atoms with van der Waals surface area (Å²) in [4.78, 5) is 18.4. The van der Waals surface area contributed by atoms with E-state index in [1.165, 1.54) is 0 Å². The van der Waals surface area contributed by atoms with Gasteiger partial charge in [-0.05, 0) is 26.0 Å². The van der Waals surface area contributed by atoms with Crippen molar-refractivity contribution in [3.63, 3.8) is 0 Å². The topological polar surface area (TPSA) is 80.5 Å². The third-order valence-corrected chi connectivity index (χ3v) is 3.60. The Kier molecular flexibility index (Phi) is 4.57. The average Bonchev–Trinajstić information content (AvgIpc) is 2.46. The molecule has 0 unspecified atom stereocenters. The van der Waals surface area contributed by atoms with E-state index in [1.54, 1.807) is 18.3 Å². The van der Waals surface area contributed by atoms with Crippen LogP contribution < -0.4 is 11.1 Å². The number of ether oxygens (including phenoxy) is 1. The summed E-state index contributed by atoms with van der Waals surface area (Å²) in [5.41, 5.74) is 6.31. The Hall–Kier alpha value is -1.66. The Bertz CT molecular complexity index is 470. The summed E-state index contributed by atoms with van der Waals surface area (Å²) in [5, 5.41) is 2.91. The summed E-state index contributed by atoms with van der Waals surface area (Å²) in [7, 11) is 0. The van der Waals surface area contributed by atoms with Gasteiger partial charge in [0.25, 0.3) is 5.91 Å². The molecule has 2 rings (SSSR count). The molecule has 0 radical (unpaired) electrons. The van der Waals surface area contributed by atoms with Gasteiger partial charge in [0.05, 0.1) is 18.9 Å². The van der Waals surface area contributed by atoms with Crippen LogP contribution in [0.3, 0.4) is 0 Å². The van der Waals surface area contributed by atoms with Crippen molar-refractivity contribution in [1.29, 1.82) is 0 Å². The highest BCUT2D eigenvalue weighted by Gasteiger charge is 2.28. The summed E-state index contributed by atoms with van der Waals surface area (Å²) >= 11 is 0. The minimum atomic E-state index is -0.232. The molecule has 0 aliphatic carbocycles. The van der Waals surface area contributed by atoms with Crippen molar-refractivity contribution in [1.82, 2.24) is 15.2 Å². The van der Waals surface area contributed by atoms with Crippen molar-refractivity contribution in [3.05, 3.63) is 24.0 Å². The van der Waals surface area contributed by atoms with Gasteiger partial charge in [0.2, 0.25) is 0 Å². The number of nitrogens with one attached hydrogen (secondary N) is 1. The van der Waals surface area contributed by atoms with Crippen LogP contribution in [0.2, 0.25) is 0 Å². The third kappa shape index (κ3) is 3.46. The van der Waals surface area contributed by atoms with E-state index in [1.807, 2.05) is 0 Å². The van der Waals surface area contributed by atoms with E-state index in [-0.39, 0.29) is 17.1 Å². The second-order valence-corrected chi connectivity index (χ2v) is 5.54. The molecule has 0 spiro atoms. The molecule has 1 saturated heterocycles. The maximum atomic E-state index is 12.1. The smallest absolute Gasteiger partial charge is 0.272 e. The molecule has 6 heteroatoms. The highest BCUT2D eigenvalue weighted by Crippen LogP contribution is 2.15. The van der Waals surface area contributed by atoms with Gasteiger partial charge in [0.1, 0.15) is 0 Å². The number of morpholine rings is 1. The van der Waals surface area contributed by atoms with E-state index < -0.39 is 0 Å². The maximum Gasteiger partial charge on any atom is 0.272 e. The standard InChI is InChI=1S/C14H22N4O2/c1-14(2,18-6-8-20-9-7-18)10-17-13(19)12-11(15)4-3-5-16-12/h3-5H,6-10,15H2,1-2H3,(H,17,19). The van der Waals surface area contributed by atoms with Crippen molar-refractivity contribution in [3.8, 4) is 0 Å². The van der Waals surface area contributed by atoms with Crippen LogP contribution in [0.15, 0.2) is 18.3 Å². The summed E-state index contributed by atoms with van der Waals surface area (Å²) in [6.07, 6.45) is 1.57. The summed E-state index contributed by atoms with van der Waals surface area (Å²) in [6.45, 7) is 8.01. The zero-order chi connectivity index (χ0) is 14.6. The van der Waals surface area contributed by atoms with Gasteiger partial charge in [0, 0.05) is 31.4 Å². The Morgan fingerprint density at radius 1 is 1.50 bits per heavy atom. The largest absolute Gasteiger partial charge is 0.397 e. The second-order valence-electron chi connectivity index (χ2n) is 5.54. The van der Waals surface area contributed by atoms with Gasteiger partial charge in [-0.1, -0.05) is 0 Å². The Labute approximate surface area is 119 Å². The van der Waals surface area contributed by atoms with Crippen LogP contribution in [0, 0.1) is 0 Å².